The van der Waals surface area contributed by atoms with Gasteiger partial charge in [-0.2, -0.15) is 0 Å². The van der Waals surface area contributed by atoms with E-state index in [9.17, 15) is 28.8 Å². The summed E-state index contributed by atoms with van der Waals surface area (Å²) in [6, 6.07) is -0.0882. The predicted octanol–water partition coefficient (Wildman–Crippen LogP) is 9.94. The minimum atomic E-state index is -0.882. The second-order valence-electron chi connectivity index (χ2n) is 16.8. The summed E-state index contributed by atoms with van der Waals surface area (Å²) in [7, 11) is 2.71. The fourth-order valence-corrected chi connectivity index (χ4v) is 7.09. The van der Waals surface area contributed by atoms with Crippen LogP contribution in [0.4, 0.5) is 0 Å². The van der Waals surface area contributed by atoms with Crippen molar-refractivity contribution in [2.45, 2.75) is 172 Å². The molecule has 2 saturated heterocycles. The van der Waals surface area contributed by atoms with E-state index in [0.717, 1.165) is 64.5 Å². The van der Waals surface area contributed by atoms with Gasteiger partial charge in [-0.15, -0.1) is 0 Å². The standard InChI is InChI=1S/C25H45NO5.C12H22O2.C6H9NO.C5H8O2/c1-8-11-13-20(9-2)17-31-23(29)24(5,10-3)18-25(6,22(28)30-7)16-19(4)26-15-12-14-21(26)27;1-5-7-8-11(6-2)9-14-12(13)10(3)4;1-2-7-5-3-4-6(7)8;1-4(2)5(6)7-3/h19-20H,8-18H2,1-7H3;11H,3,5-9H2,1-2,4H3;2H,1,3-5H2;1H2,2-3H3. The highest BCUT2D eigenvalue weighted by Crippen LogP contribution is 2.42. The van der Waals surface area contributed by atoms with Crippen LogP contribution in [0.3, 0.4) is 0 Å². The van der Waals surface area contributed by atoms with Crippen molar-refractivity contribution >= 4 is 35.7 Å². The van der Waals surface area contributed by atoms with Crippen molar-refractivity contribution in [2.24, 2.45) is 22.7 Å². The number of likely N-dealkylation sites (tertiary alicyclic amines) is 2. The molecule has 346 valence electrons. The van der Waals surface area contributed by atoms with E-state index in [2.05, 4.69) is 52.2 Å². The van der Waals surface area contributed by atoms with E-state index >= 15 is 0 Å². The third kappa shape index (κ3) is 22.6. The first-order valence-corrected chi connectivity index (χ1v) is 22.2. The van der Waals surface area contributed by atoms with E-state index in [1.165, 1.54) is 27.1 Å². The first kappa shape index (κ1) is 58.1. The Hall–Kier alpha value is -3.96. The Morgan fingerprint density at radius 2 is 1.23 bits per heavy atom. The molecule has 0 aliphatic carbocycles. The zero-order chi connectivity index (χ0) is 46.5. The fraction of sp³-hybridized carbons (Fsp3) is 0.750. The summed E-state index contributed by atoms with van der Waals surface area (Å²) in [5, 5.41) is 0. The first-order valence-electron chi connectivity index (χ1n) is 22.2. The normalized spacial score (nSPS) is 16.7. The molecule has 2 aliphatic rings. The van der Waals surface area contributed by atoms with Crippen LogP contribution in [-0.4, -0.2) is 92.1 Å². The van der Waals surface area contributed by atoms with Crippen LogP contribution in [0.15, 0.2) is 37.1 Å². The monoisotopic (exact) mass is 849 g/mol. The van der Waals surface area contributed by atoms with E-state index in [0.29, 0.717) is 68.3 Å². The van der Waals surface area contributed by atoms with E-state index in [1.54, 1.807) is 24.9 Å². The van der Waals surface area contributed by atoms with Crippen molar-refractivity contribution in [1.82, 2.24) is 9.80 Å². The summed E-state index contributed by atoms with van der Waals surface area (Å²) in [5.74, 6) is 0.0318. The quantitative estimate of drug-likeness (QED) is 0.0553. The number of nitrogens with zero attached hydrogens (tertiary/aromatic N) is 2. The molecule has 5 unspecified atom stereocenters. The van der Waals surface area contributed by atoms with Crippen LogP contribution in [0.1, 0.15) is 166 Å². The summed E-state index contributed by atoms with van der Waals surface area (Å²) >= 11 is 0. The van der Waals surface area contributed by atoms with Crippen LogP contribution in [0.5, 0.6) is 0 Å². The van der Waals surface area contributed by atoms with E-state index in [1.807, 2.05) is 32.6 Å². The third-order valence-electron chi connectivity index (χ3n) is 11.3. The van der Waals surface area contributed by atoms with Crippen LogP contribution in [-0.2, 0) is 47.7 Å². The Morgan fingerprint density at radius 1 is 0.733 bits per heavy atom. The van der Waals surface area contributed by atoms with Gasteiger partial charge in [-0.25, -0.2) is 9.59 Å². The second-order valence-corrected chi connectivity index (χ2v) is 16.8. The number of hydrogen-bond donors (Lipinski definition) is 0. The lowest BCUT2D eigenvalue weighted by atomic mass is 9.68. The Morgan fingerprint density at radius 3 is 1.57 bits per heavy atom. The van der Waals surface area contributed by atoms with Crippen molar-refractivity contribution in [3.63, 3.8) is 0 Å². The maximum absolute atomic E-state index is 13.1. The lowest BCUT2D eigenvalue weighted by Gasteiger charge is -2.39. The van der Waals surface area contributed by atoms with E-state index in [4.69, 9.17) is 14.2 Å². The zero-order valence-electron chi connectivity index (χ0n) is 39.8. The molecule has 2 rings (SSSR count). The minimum absolute atomic E-state index is 0.0882. The van der Waals surface area contributed by atoms with Crippen molar-refractivity contribution in [3.8, 4) is 0 Å². The number of carbonyl (C=O) groups is 6. The average molecular weight is 849 g/mol. The molecule has 2 fully saturated rings. The molecule has 0 N–H and O–H groups in total. The molecule has 12 nitrogen and oxygen atoms in total. The molecule has 0 saturated carbocycles. The van der Waals surface area contributed by atoms with Gasteiger partial charge in [0.05, 0.1) is 38.3 Å². The number of esters is 4. The molecule has 0 bridgehead atoms. The molecule has 12 heteroatoms. The van der Waals surface area contributed by atoms with Crippen molar-refractivity contribution in [2.75, 3.05) is 40.5 Å². The van der Waals surface area contributed by atoms with Gasteiger partial charge < -0.3 is 28.7 Å². The lowest BCUT2D eigenvalue weighted by Crippen LogP contribution is -2.45. The average Bonchev–Trinajstić information content (AvgIpc) is 3.87. The number of unbranched alkanes of at least 4 members (excludes halogenated alkanes) is 2. The van der Waals surface area contributed by atoms with E-state index in [-0.39, 0.29) is 41.7 Å². The second kappa shape index (κ2) is 31.8. The van der Waals surface area contributed by atoms with Gasteiger partial charge in [0.2, 0.25) is 11.8 Å². The van der Waals surface area contributed by atoms with Gasteiger partial charge in [0.1, 0.15) is 0 Å². The molecule has 2 heterocycles. The highest BCUT2D eigenvalue weighted by molar-refractivity contribution is 5.87. The van der Waals surface area contributed by atoms with E-state index < -0.39 is 10.8 Å². The van der Waals surface area contributed by atoms with Gasteiger partial charge in [0, 0.05) is 43.1 Å². The summed E-state index contributed by atoms with van der Waals surface area (Å²) in [5.41, 5.74) is -0.758. The summed E-state index contributed by atoms with van der Waals surface area (Å²) < 4.78 is 20.3. The lowest BCUT2D eigenvalue weighted by molar-refractivity contribution is -0.165. The number of hydrogen-bond acceptors (Lipinski definition) is 10. The van der Waals surface area contributed by atoms with Crippen molar-refractivity contribution in [1.29, 1.82) is 0 Å². The number of carbonyl (C=O) groups excluding carboxylic acids is 6. The van der Waals surface area contributed by atoms with Crippen molar-refractivity contribution < 1.29 is 47.7 Å². The highest BCUT2D eigenvalue weighted by Gasteiger charge is 2.47. The Labute approximate surface area is 364 Å². The SMILES string of the molecule is C=C(C)C(=O)OC.C=C(C)C(=O)OCC(CC)CCCC.C=CN1CCCC1=O.CCCCC(CC)COC(=O)C(C)(CC)CC(C)(CC(C)N1CCCC1=O)C(=O)OC. The molecule has 0 aromatic carbocycles. The molecule has 0 radical (unpaired) electrons. The molecule has 2 aliphatic heterocycles. The van der Waals surface area contributed by atoms with Gasteiger partial charge in [0.25, 0.3) is 0 Å². The molecule has 5 atom stereocenters. The Kier molecular flexibility index (Phi) is 30.9. The van der Waals surface area contributed by atoms with Crippen LogP contribution in [0, 0.1) is 22.7 Å². The summed E-state index contributed by atoms with van der Waals surface area (Å²) in [6.45, 7) is 32.5. The maximum atomic E-state index is 13.1. The highest BCUT2D eigenvalue weighted by atomic mass is 16.5. The predicted molar refractivity (Wildman–Crippen MR) is 239 cm³/mol. The molecule has 0 spiro atoms. The summed E-state index contributed by atoms with van der Waals surface area (Å²) in [4.78, 5) is 73.6. The topological polar surface area (TPSA) is 146 Å². The Bertz CT molecular complexity index is 1360. The Balaban J connectivity index is 0. The molecule has 0 aromatic rings. The number of ether oxygens (including phenoxy) is 4. The fourth-order valence-electron chi connectivity index (χ4n) is 7.09. The summed E-state index contributed by atoms with van der Waals surface area (Å²) in [6.07, 6.45) is 15.0. The number of amides is 2. The maximum Gasteiger partial charge on any atom is 0.333 e. The van der Waals surface area contributed by atoms with Gasteiger partial charge in [-0.3, -0.25) is 19.2 Å². The van der Waals surface area contributed by atoms with Gasteiger partial charge in [-0.05, 0) is 97.6 Å². The van der Waals surface area contributed by atoms with Crippen molar-refractivity contribution in [3.05, 3.63) is 37.1 Å². The largest absolute Gasteiger partial charge is 0.469 e. The molecule has 60 heavy (non-hydrogen) atoms. The number of methoxy groups -OCH3 is 2. The zero-order valence-corrected chi connectivity index (χ0v) is 39.8. The van der Waals surface area contributed by atoms with Gasteiger partial charge >= 0.3 is 23.9 Å². The molecular formula is C48H84N2O10. The first-order chi connectivity index (χ1) is 28.2. The van der Waals surface area contributed by atoms with Crippen LogP contribution in [0.2, 0.25) is 0 Å². The molecule has 2 amide bonds. The molecular weight excluding hydrogens is 765 g/mol. The van der Waals surface area contributed by atoms with Crippen LogP contribution in [0.25, 0.3) is 0 Å². The minimum Gasteiger partial charge on any atom is -0.469 e. The number of rotatable bonds is 23. The third-order valence-corrected chi connectivity index (χ3v) is 11.3. The molecule has 0 aromatic heterocycles. The van der Waals surface area contributed by atoms with Crippen LogP contribution >= 0.6 is 0 Å². The van der Waals surface area contributed by atoms with Gasteiger partial charge in [-0.1, -0.05) is 92.9 Å². The smallest absolute Gasteiger partial charge is 0.333 e. The van der Waals surface area contributed by atoms with Gasteiger partial charge in [0.15, 0.2) is 0 Å². The van der Waals surface area contributed by atoms with Crippen LogP contribution < -0.4 is 0 Å².